The highest BCUT2D eigenvalue weighted by Crippen LogP contribution is 2.10. The third-order valence-corrected chi connectivity index (χ3v) is 2.66. The highest BCUT2D eigenvalue weighted by atomic mass is 16.1. The average molecular weight is 254 g/mol. The molecule has 0 radical (unpaired) electrons. The van der Waals surface area contributed by atoms with E-state index < -0.39 is 5.91 Å². The van der Waals surface area contributed by atoms with E-state index in [1.165, 1.54) is 0 Å². The number of carbonyl (C=O) groups is 2. The van der Waals surface area contributed by atoms with E-state index in [4.69, 9.17) is 5.73 Å². The van der Waals surface area contributed by atoms with Gasteiger partial charge < -0.3 is 11.1 Å². The molecule has 2 amide bonds. The van der Waals surface area contributed by atoms with Crippen LogP contribution in [-0.4, -0.2) is 11.8 Å². The lowest BCUT2D eigenvalue weighted by Crippen LogP contribution is -2.15. The minimum absolute atomic E-state index is 0.0991. The first-order valence-electron chi connectivity index (χ1n) is 5.89. The number of nitrogens with two attached hydrogens (primary N) is 1. The quantitative estimate of drug-likeness (QED) is 0.875. The molecule has 0 fully saturated rings. The van der Waals surface area contributed by atoms with Gasteiger partial charge in [-0.1, -0.05) is 30.3 Å². The Morgan fingerprint density at radius 2 is 1.58 bits per heavy atom. The number of amides is 2. The molecule has 0 aliphatic carbocycles. The van der Waals surface area contributed by atoms with Crippen LogP contribution in [0.4, 0.5) is 5.69 Å². The van der Waals surface area contributed by atoms with Crippen molar-refractivity contribution in [3.63, 3.8) is 0 Å². The molecule has 0 aromatic heterocycles. The molecule has 3 N–H and O–H groups in total. The number of hydrogen-bond donors (Lipinski definition) is 2. The lowest BCUT2D eigenvalue weighted by atomic mass is 10.1. The van der Waals surface area contributed by atoms with Crippen molar-refractivity contribution in [3.05, 3.63) is 65.7 Å². The van der Waals surface area contributed by atoms with Crippen LogP contribution in [0.2, 0.25) is 0 Å². The van der Waals surface area contributed by atoms with Gasteiger partial charge in [-0.3, -0.25) is 9.59 Å². The molecule has 0 saturated heterocycles. The zero-order valence-corrected chi connectivity index (χ0v) is 10.3. The average Bonchev–Trinajstić information content (AvgIpc) is 2.40. The fourth-order valence-corrected chi connectivity index (χ4v) is 1.70. The van der Waals surface area contributed by atoms with Crippen molar-refractivity contribution in [2.45, 2.75) is 6.42 Å². The van der Waals surface area contributed by atoms with Crippen LogP contribution >= 0.6 is 0 Å². The molecule has 4 nitrogen and oxygen atoms in total. The van der Waals surface area contributed by atoms with E-state index in [1.807, 2.05) is 30.3 Å². The van der Waals surface area contributed by atoms with E-state index in [-0.39, 0.29) is 5.91 Å². The van der Waals surface area contributed by atoms with Gasteiger partial charge in [-0.25, -0.2) is 0 Å². The summed E-state index contributed by atoms with van der Waals surface area (Å²) in [7, 11) is 0. The van der Waals surface area contributed by atoms with E-state index in [2.05, 4.69) is 5.32 Å². The zero-order valence-electron chi connectivity index (χ0n) is 10.3. The second-order valence-electron chi connectivity index (χ2n) is 4.15. The number of primary amides is 1. The number of rotatable bonds is 4. The number of anilines is 1. The summed E-state index contributed by atoms with van der Waals surface area (Å²) in [5, 5.41) is 2.77. The minimum atomic E-state index is -0.484. The van der Waals surface area contributed by atoms with Crippen LogP contribution in [0.3, 0.4) is 0 Å². The van der Waals surface area contributed by atoms with E-state index >= 15 is 0 Å². The molecule has 96 valence electrons. The highest BCUT2D eigenvalue weighted by molar-refractivity contribution is 5.95. The van der Waals surface area contributed by atoms with Crippen LogP contribution in [0.25, 0.3) is 0 Å². The predicted molar refractivity (Wildman–Crippen MR) is 73.7 cm³/mol. The number of benzene rings is 2. The fraction of sp³-hybridized carbons (Fsp3) is 0.0667. The molecule has 0 spiro atoms. The Labute approximate surface area is 111 Å². The van der Waals surface area contributed by atoms with Crippen molar-refractivity contribution < 1.29 is 9.59 Å². The standard InChI is InChI=1S/C15H14N2O2/c16-15(19)12-6-8-13(9-7-12)17-14(18)10-11-4-2-1-3-5-11/h1-9H,10H2,(H2,16,19)(H,17,18). The number of carbonyl (C=O) groups excluding carboxylic acids is 2. The van der Waals surface area contributed by atoms with Crippen molar-refractivity contribution in [2.24, 2.45) is 5.73 Å². The van der Waals surface area contributed by atoms with Gasteiger partial charge in [-0.2, -0.15) is 0 Å². The molecule has 2 aromatic rings. The fourth-order valence-electron chi connectivity index (χ4n) is 1.70. The van der Waals surface area contributed by atoms with E-state index in [0.29, 0.717) is 17.7 Å². The third-order valence-electron chi connectivity index (χ3n) is 2.66. The first kappa shape index (κ1) is 12.8. The largest absolute Gasteiger partial charge is 0.366 e. The van der Waals surface area contributed by atoms with Crippen LogP contribution < -0.4 is 11.1 Å². The Kier molecular flexibility index (Phi) is 3.93. The second kappa shape index (κ2) is 5.82. The summed E-state index contributed by atoms with van der Waals surface area (Å²) in [6.45, 7) is 0. The van der Waals surface area contributed by atoms with Gasteiger partial charge in [0.1, 0.15) is 0 Å². The van der Waals surface area contributed by atoms with Crippen LogP contribution in [-0.2, 0) is 11.2 Å². The van der Waals surface area contributed by atoms with Crippen molar-refractivity contribution in [3.8, 4) is 0 Å². The van der Waals surface area contributed by atoms with Crippen molar-refractivity contribution in [2.75, 3.05) is 5.32 Å². The van der Waals surface area contributed by atoms with Gasteiger partial charge in [0.05, 0.1) is 6.42 Å². The zero-order chi connectivity index (χ0) is 13.7. The second-order valence-corrected chi connectivity index (χ2v) is 4.15. The number of hydrogen-bond acceptors (Lipinski definition) is 2. The van der Waals surface area contributed by atoms with Crippen LogP contribution in [0, 0.1) is 0 Å². The van der Waals surface area contributed by atoms with Gasteiger partial charge >= 0.3 is 0 Å². The minimum Gasteiger partial charge on any atom is -0.366 e. The molecule has 0 atom stereocenters. The Balaban J connectivity index is 1.97. The summed E-state index contributed by atoms with van der Waals surface area (Å²) < 4.78 is 0. The molecule has 0 saturated carbocycles. The van der Waals surface area contributed by atoms with Crippen molar-refractivity contribution in [1.82, 2.24) is 0 Å². The molecule has 0 aliphatic rings. The molecule has 2 aromatic carbocycles. The van der Waals surface area contributed by atoms with Crippen LogP contribution in [0.15, 0.2) is 54.6 Å². The van der Waals surface area contributed by atoms with Gasteiger partial charge in [0, 0.05) is 11.3 Å². The van der Waals surface area contributed by atoms with Gasteiger partial charge in [-0.05, 0) is 29.8 Å². The SMILES string of the molecule is NC(=O)c1ccc(NC(=O)Cc2ccccc2)cc1. The Morgan fingerprint density at radius 1 is 0.947 bits per heavy atom. The van der Waals surface area contributed by atoms with Crippen LogP contribution in [0.1, 0.15) is 15.9 Å². The summed E-state index contributed by atoms with van der Waals surface area (Å²) in [5.74, 6) is -0.583. The van der Waals surface area contributed by atoms with E-state index in [1.54, 1.807) is 24.3 Å². The van der Waals surface area contributed by atoms with E-state index in [9.17, 15) is 9.59 Å². The van der Waals surface area contributed by atoms with Crippen molar-refractivity contribution >= 4 is 17.5 Å². The van der Waals surface area contributed by atoms with Gasteiger partial charge in [0.2, 0.25) is 11.8 Å². The maximum absolute atomic E-state index is 11.8. The third kappa shape index (κ3) is 3.67. The summed E-state index contributed by atoms with van der Waals surface area (Å²) >= 11 is 0. The van der Waals surface area contributed by atoms with Gasteiger partial charge in [0.25, 0.3) is 0 Å². The first-order chi connectivity index (χ1) is 9.15. The molecular weight excluding hydrogens is 240 g/mol. The summed E-state index contributed by atoms with van der Waals surface area (Å²) in [4.78, 5) is 22.7. The van der Waals surface area contributed by atoms with Crippen LogP contribution in [0.5, 0.6) is 0 Å². The van der Waals surface area contributed by atoms with Crippen molar-refractivity contribution in [1.29, 1.82) is 0 Å². The summed E-state index contributed by atoms with van der Waals surface area (Å²) in [6.07, 6.45) is 0.318. The predicted octanol–water partition coefficient (Wildman–Crippen LogP) is 1.97. The smallest absolute Gasteiger partial charge is 0.248 e. The molecule has 2 rings (SSSR count). The Hall–Kier alpha value is -2.62. The Morgan fingerprint density at radius 3 is 2.16 bits per heavy atom. The molecule has 0 bridgehead atoms. The first-order valence-corrected chi connectivity index (χ1v) is 5.89. The molecule has 19 heavy (non-hydrogen) atoms. The van der Waals surface area contributed by atoms with Gasteiger partial charge in [-0.15, -0.1) is 0 Å². The Bertz CT molecular complexity index is 577. The lowest BCUT2D eigenvalue weighted by molar-refractivity contribution is -0.115. The van der Waals surface area contributed by atoms with E-state index in [0.717, 1.165) is 5.56 Å². The molecule has 0 heterocycles. The highest BCUT2D eigenvalue weighted by Gasteiger charge is 2.04. The maximum Gasteiger partial charge on any atom is 0.248 e. The molecule has 4 heteroatoms. The molecule has 0 unspecified atom stereocenters. The molecule has 0 aliphatic heterocycles. The summed E-state index contributed by atoms with van der Waals surface area (Å²) in [6, 6.07) is 16.0. The number of nitrogens with one attached hydrogen (secondary N) is 1. The maximum atomic E-state index is 11.8. The monoisotopic (exact) mass is 254 g/mol. The topological polar surface area (TPSA) is 72.2 Å². The van der Waals surface area contributed by atoms with Gasteiger partial charge in [0.15, 0.2) is 0 Å². The molecular formula is C15H14N2O2. The summed E-state index contributed by atoms with van der Waals surface area (Å²) in [5.41, 5.74) is 7.16. The normalized spacial score (nSPS) is 9.89. The lowest BCUT2D eigenvalue weighted by Gasteiger charge is -2.05.